The summed E-state index contributed by atoms with van der Waals surface area (Å²) in [7, 11) is 2.00. The Balaban J connectivity index is 2.24. The molecule has 0 spiro atoms. The Morgan fingerprint density at radius 3 is 2.88 bits per heavy atom. The highest BCUT2D eigenvalue weighted by molar-refractivity contribution is 9.10. The fourth-order valence-electron chi connectivity index (χ4n) is 2.80. The van der Waals surface area contributed by atoms with Crippen molar-refractivity contribution >= 4 is 15.9 Å². The molecule has 16 heavy (non-hydrogen) atoms. The zero-order chi connectivity index (χ0) is 11.7. The topological polar surface area (TPSA) is 43.8 Å². The smallest absolute Gasteiger partial charge is 0.0635 e. The van der Waals surface area contributed by atoms with Crippen molar-refractivity contribution < 1.29 is 0 Å². The van der Waals surface area contributed by atoms with E-state index in [0.29, 0.717) is 5.92 Å². The predicted octanol–water partition coefficient (Wildman–Crippen LogP) is 2.80. The molecule has 1 aliphatic carbocycles. The zero-order valence-electron chi connectivity index (χ0n) is 9.99. The van der Waals surface area contributed by atoms with Gasteiger partial charge in [-0.1, -0.05) is 13.3 Å². The first kappa shape index (κ1) is 12.1. The molecular formula is C12H20BrN3. The fraction of sp³-hybridized carbons (Fsp3) is 0.750. The predicted molar refractivity (Wildman–Crippen MR) is 69.3 cm³/mol. The summed E-state index contributed by atoms with van der Waals surface area (Å²) in [5, 5.41) is 4.29. The van der Waals surface area contributed by atoms with Crippen molar-refractivity contribution in [2.45, 2.75) is 44.6 Å². The molecule has 4 heteroatoms. The van der Waals surface area contributed by atoms with Crippen LogP contribution in [0.25, 0.3) is 0 Å². The molecule has 1 saturated carbocycles. The van der Waals surface area contributed by atoms with Crippen LogP contribution >= 0.6 is 15.9 Å². The molecule has 1 aromatic heterocycles. The second kappa shape index (κ2) is 4.88. The average molecular weight is 286 g/mol. The van der Waals surface area contributed by atoms with Gasteiger partial charge in [0.1, 0.15) is 0 Å². The van der Waals surface area contributed by atoms with Crippen LogP contribution in [0.5, 0.6) is 0 Å². The van der Waals surface area contributed by atoms with Gasteiger partial charge in [-0.15, -0.1) is 0 Å². The average Bonchev–Trinajstić information content (AvgIpc) is 2.60. The third-order valence-electron chi connectivity index (χ3n) is 3.88. The van der Waals surface area contributed by atoms with Crippen LogP contribution in [-0.2, 0) is 7.05 Å². The Bertz CT molecular complexity index is 342. The van der Waals surface area contributed by atoms with Gasteiger partial charge in [0.15, 0.2) is 0 Å². The largest absolute Gasteiger partial charge is 0.327 e. The Kier molecular flexibility index (Phi) is 3.70. The van der Waals surface area contributed by atoms with Gasteiger partial charge in [-0.2, -0.15) is 5.10 Å². The van der Waals surface area contributed by atoms with Gasteiger partial charge in [0, 0.05) is 19.0 Å². The lowest BCUT2D eigenvalue weighted by Gasteiger charge is -2.34. The summed E-state index contributed by atoms with van der Waals surface area (Å²) < 4.78 is 3.07. The molecule has 90 valence electrons. The molecular weight excluding hydrogens is 266 g/mol. The molecule has 1 heterocycles. The molecule has 0 aromatic carbocycles. The number of rotatable bonds is 2. The number of nitrogens with zero attached hydrogens (tertiary/aromatic N) is 2. The normalized spacial score (nSPS) is 30.6. The van der Waals surface area contributed by atoms with E-state index >= 15 is 0 Å². The summed E-state index contributed by atoms with van der Waals surface area (Å²) in [4.78, 5) is 0. The molecule has 3 unspecified atom stereocenters. The van der Waals surface area contributed by atoms with E-state index in [1.807, 2.05) is 17.9 Å². The van der Waals surface area contributed by atoms with Gasteiger partial charge in [0.2, 0.25) is 0 Å². The van der Waals surface area contributed by atoms with E-state index in [2.05, 4.69) is 28.0 Å². The second-order valence-corrected chi connectivity index (χ2v) is 5.71. The van der Waals surface area contributed by atoms with Crippen LogP contribution in [0.3, 0.4) is 0 Å². The Hall–Kier alpha value is -0.350. The summed E-state index contributed by atoms with van der Waals surface area (Å²) in [6, 6.07) is 0.287. The first-order valence-corrected chi connectivity index (χ1v) is 6.85. The molecule has 3 nitrogen and oxygen atoms in total. The fourth-order valence-corrected chi connectivity index (χ4v) is 3.45. The molecule has 1 aliphatic rings. The van der Waals surface area contributed by atoms with Crippen LogP contribution in [0.2, 0.25) is 0 Å². The molecule has 0 aliphatic heterocycles. The number of nitrogens with two attached hydrogens (primary N) is 1. The van der Waals surface area contributed by atoms with Crippen molar-refractivity contribution in [2.24, 2.45) is 18.7 Å². The number of hydrogen-bond donors (Lipinski definition) is 1. The van der Waals surface area contributed by atoms with Gasteiger partial charge in [0.05, 0.1) is 16.4 Å². The summed E-state index contributed by atoms with van der Waals surface area (Å²) >= 11 is 3.58. The lowest BCUT2D eigenvalue weighted by Crippen LogP contribution is -2.35. The molecule has 2 N–H and O–H groups in total. The lowest BCUT2D eigenvalue weighted by atomic mass is 9.76. The lowest BCUT2D eigenvalue weighted by molar-refractivity contribution is 0.274. The minimum absolute atomic E-state index is 0.287. The van der Waals surface area contributed by atoms with E-state index in [0.717, 1.165) is 16.8 Å². The van der Waals surface area contributed by atoms with Crippen molar-refractivity contribution in [3.63, 3.8) is 0 Å². The standard InChI is InChI=1S/C12H20BrN3/c1-3-8-4-5-11(14)9(6-8)12-10(13)7-15-16(12)2/h7-9,11H,3-6,14H2,1-2H3. The molecule has 1 fully saturated rings. The van der Waals surface area contributed by atoms with Gasteiger partial charge in [-0.25, -0.2) is 0 Å². The maximum absolute atomic E-state index is 6.26. The third kappa shape index (κ3) is 2.18. The van der Waals surface area contributed by atoms with E-state index in [1.165, 1.54) is 25.0 Å². The zero-order valence-corrected chi connectivity index (χ0v) is 11.6. The second-order valence-electron chi connectivity index (χ2n) is 4.86. The minimum atomic E-state index is 0.287. The van der Waals surface area contributed by atoms with Crippen molar-refractivity contribution in [3.05, 3.63) is 16.4 Å². The highest BCUT2D eigenvalue weighted by Gasteiger charge is 2.31. The molecule has 0 bridgehead atoms. The van der Waals surface area contributed by atoms with E-state index < -0.39 is 0 Å². The summed E-state index contributed by atoms with van der Waals surface area (Å²) in [6.45, 7) is 2.27. The summed E-state index contributed by atoms with van der Waals surface area (Å²) in [5.74, 6) is 1.28. The third-order valence-corrected chi connectivity index (χ3v) is 4.49. The van der Waals surface area contributed by atoms with Crippen molar-refractivity contribution in [2.75, 3.05) is 0 Å². The first-order chi connectivity index (χ1) is 7.63. The molecule has 2 rings (SSSR count). The Labute approximate surface area is 106 Å². The van der Waals surface area contributed by atoms with Crippen LogP contribution in [0.4, 0.5) is 0 Å². The van der Waals surface area contributed by atoms with E-state index in [4.69, 9.17) is 5.73 Å². The number of aromatic nitrogens is 2. The first-order valence-electron chi connectivity index (χ1n) is 6.06. The molecule has 0 radical (unpaired) electrons. The van der Waals surface area contributed by atoms with Crippen LogP contribution in [-0.4, -0.2) is 15.8 Å². The van der Waals surface area contributed by atoms with Crippen LogP contribution in [0.15, 0.2) is 10.7 Å². The van der Waals surface area contributed by atoms with E-state index in [9.17, 15) is 0 Å². The SMILES string of the molecule is CCC1CCC(N)C(c2c(Br)cnn2C)C1. The maximum atomic E-state index is 6.26. The van der Waals surface area contributed by atoms with Crippen LogP contribution in [0.1, 0.15) is 44.2 Å². The summed E-state index contributed by atoms with van der Waals surface area (Å²) in [6.07, 6.45) is 6.76. The van der Waals surface area contributed by atoms with Gasteiger partial charge < -0.3 is 5.73 Å². The Morgan fingerprint density at radius 2 is 2.31 bits per heavy atom. The van der Waals surface area contributed by atoms with Crippen molar-refractivity contribution in [1.29, 1.82) is 0 Å². The van der Waals surface area contributed by atoms with E-state index in [-0.39, 0.29) is 6.04 Å². The van der Waals surface area contributed by atoms with Gasteiger partial charge in [0.25, 0.3) is 0 Å². The van der Waals surface area contributed by atoms with Gasteiger partial charge in [-0.3, -0.25) is 4.68 Å². The minimum Gasteiger partial charge on any atom is -0.327 e. The molecule has 0 saturated heterocycles. The maximum Gasteiger partial charge on any atom is 0.0635 e. The Morgan fingerprint density at radius 1 is 1.56 bits per heavy atom. The van der Waals surface area contributed by atoms with E-state index in [1.54, 1.807) is 0 Å². The number of aryl methyl sites for hydroxylation is 1. The van der Waals surface area contributed by atoms with Gasteiger partial charge >= 0.3 is 0 Å². The molecule has 1 aromatic rings. The summed E-state index contributed by atoms with van der Waals surface area (Å²) in [5.41, 5.74) is 7.53. The highest BCUT2D eigenvalue weighted by atomic mass is 79.9. The van der Waals surface area contributed by atoms with Crippen molar-refractivity contribution in [3.8, 4) is 0 Å². The van der Waals surface area contributed by atoms with Gasteiger partial charge in [-0.05, 0) is 41.1 Å². The monoisotopic (exact) mass is 285 g/mol. The van der Waals surface area contributed by atoms with Crippen LogP contribution < -0.4 is 5.73 Å². The highest BCUT2D eigenvalue weighted by Crippen LogP contribution is 2.39. The molecule has 0 amide bonds. The number of hydrogen-bond acceptors (Lipinski definition) is 2. The quantitative estimate of drug-likeness (QED) is 0.908. The van der Waals surface area contributed by atoms with Crippen molar-refractivity contribution in [1.82, 2.24) is 9.78 Å². The van der Waals surface area contributed by atoms with Crippen LogP contribution in [0, 0.1) is 5.92 Å². The number of halogens is 1. The molecule has 3 atom stereocenters.